The van der Waals surface area contributed by atoms with Gasteiger partial charge in [0.05, 0.1) is 36.4 Å². The Kier molecular flexibility index (Phi) is 4.81. The number of aromatic nitrogens is 1. The van der Waals surface area contributed by atoms with Crippen LogP contribution in [0.1, 0.15) is 32.6 Å². The number of hydrogen-bond acceptors (Lipinski definition) is 4. The molecule has 2 N–H and O–H groups in total. The number of nitrogens with zero attached hydrogens (tertiary/aromatic N) is 2. The van der Waals surface area contributed by atoms with E-state index in [0.717, 1.165) is 37.3 Å². The van der Waals surface area contributed by atoms with E-state index in [2.05, 4.69) is 28.2 Å². The lowest BCUT2D eigenvalue weighted by Crippen LogP contribution is -2.41. The Morgan fingerprint density at radius 1 is 1.44 bits per heavy atom. The zero-order chi connectivity index (χ0) is 12.8. The molecule has 0 amide bonds. The van der Waals surface area contributed by atoms with Crippen LogP contribution in [0.25, 0.3) is 0 Å². The fourth-order valence-corrected chi connectivity index (χ4v) is 2.48. The molecule has 0 saturated carbocycles. The van der Waals surface area contributed by atoms with Crippen molar-refractivity contribution >= 4 is 11.4 Å². The van der Waals surface area contributed by atoms with Crippen LogP contribution in [-0.2, 0) is 0 Å². The monoisotopic (exact) mass is 249 g/mol. The summed E-state index contributed by atoms with van der Waals surface area (Å²) in [6.45, 7) is 4.36. The zero-order valence-corrected chi connectivity index (χ0v) is 11.1. The predicted molar refractivity (Wildman–Crippen MR) is 75.1 cm³/mol. The quantitative estimate of drug-likeness (QED) is 0.840. The van der Waals surface area contributed by atoms with Crippen molar-refractivity contribution in [1.82, 2.24) is 4.98 Å². The fraction of sp³-hybridized carbons (Fsp3) is 0.643. The average molecular weight is 249 g/mol. The van der Waals surface area contributed by atoms with Gasteiger partial charge in [-0.2, -0.15) is 0 Å². The molecule has 2 rings (SSSR count). The summed E-state index contributed by atoms with van der Waals surface area (Å²) in [5.74, 6) is 0. The van der Waals surface area contributed by atoms with Crippen molar-refractivity contribution in [3.63, 3.8) is 0 Å². The number of piperidine rings is 1. The van der Waals surface area contributed by atoms with E-state index in [4.69, 9.17) is 0 Å². The normalized spacial score (nSPS) is 19.9. The predicted octanol–water partition coefficient (Wildman–Crippen LogP) is 2.25. The van der Waals surface area contributed by atoms with Crippen LogP contribution in [-0.4, -0.2) is 35.8 Å². The van der Waals surface area contributed by atoms with E-state index < -0.39 is 0 Å². The van der Waals surface area contributed by atoms with Gasteiger partial charge in [-0.25, -0.2) is 0 Å². The van der Waals surface area contributed by atoms with E-state index in [1.54, 1.807) is 0 Å². The van der Waals surface area contributed by atoms with Crippen LogP contribution in [0.2, 0.25) is 0 Å². The lowest BCUT2D eigenvalue weighted by Gasteiger charge is -2.36. The van der Waals surface area contributed by atoms with Gasteiger partial charge in [-0.15, -0.1) is 0 Å². The van der Waals surface area contributed by atoms with E-state index >= 15 is 0 Å². The maximum atomic E-state index is 9.46. The number of anilines is 2. The van der Waals surface area contributed by atoms with Crippen LogP contribution in [0.15, 0.2) is 18.5 Å². The van der Waals surface area contributed by atoms with Gasteiger partial charge in [0, 0.05) is 13.1 Å². The first-order valence-electron chi connectivity index (χ1n) is 6.91. The van der Waals surface area contributed by atoms with E-state index in [1.807, 2.05) is 12.4 Å². The van der Waals surface area contributed by atoms with E-state index in [1.165, 1.54) is 12.8 Å². The minimum atomic E-state index is 0.229. The molecular weight excluding hydrogens is 226 g/mol. The summed E-state index contributed by atoms with van der Waals surface area (Å²) >= 11 is 0. The SMILES string of the molecule is CCCNc1cncc(N2CCCCC2CO)c1. The third-order valence-corrected chi connectivity index (χ3v) is 3.47. The first kappa shape index (κ1) is 13.1. The van der Waals surface area contributed by atoms with Gasteiger partial charge in [0.15, 0.2) is 0 Å². The number of pyridine rings is 1. The van der Waals surface area contributed by atoms with E-state index in [-0.39, 0.29) is 12.6 Å². The maximum Gasteiger partial charge on any atom is 0.0635 e. The Bertz CT molecular complexity index is 370. The second-order valence-corrected chi connectivity index (χ2v) is 4.88. The summed E-state index contributed by atoms with van der Waals surface area (Å²) in [6, 6.07) is 2.39. The van der Waals surface area contributed by atoms with Crippen LogP contribution in [0.3, 0.4) is 0 Å². The molecule has 1 aliphatic heterocycles. The third-order valence-electron chi connectivity index (χ3n) is 3.47. The zero-order valence-electron chi connectivity index (χ0n) is 11.1. The van der Waals surface area contributed by atoms with Gasteiger partial charge in [0.2, 0.25) is 0 Å². The van der Waals surface area contributed by atoms with Crippen LogP contribution >= 0.6 is 0 Å². The first-order chi connectivity index (χ1) is 8.85. The molecule has 1 aliphatic rings. The van der Waals surface area contributed by atoms with Gasteiger partial charge < -0.3 is 15.3 Å². The largest absolute Gasteiger partial charge is 0.394 e. The summed E-state index contributed by atoms with van der Waals surface area (Å²) in [5, 5.41) is 12.8. The molecule has 4 heteroatoms. The number of aliphatic hydroxyl groups is 1. The molecule has 1 fully saturated rings. The Morgan fingerprint density at radius 2 is 2.33 bits per heavy atom. The Labute approximate surface area is 109 Å². The summed E-state index contributed by atoms with van der Waals surface area (Å²) in [5.41, 5.74) is 2.19. The topological polar surface area (TPSA) is 48.4 Å². The van der Waals surface area contributed by atoms with Crippen LogP contribution in [0.4, 0.5) is 11.4 Å². The van der Waals surface area contributed by atoms with Crippen molar-refractivity contribution in [2.45, 2.75) is 38.6 Å². The van der Waals surface area contributed by atoms with Gasteiger partial charge in [0.1, 0.15) is 0 Å². The van der Waals surface area contributed by atoms with Gasteiger partial charge in [-0.1, -0.05) is 6.92 Å². The van der Waals surface area contributed by atoms with Crippen molar-refractivity contribution < 1.29 is 5.11 Å². The molecule has 1 aromatic heterocycles. The summed E-state index contributed by atoms with van der Waals surface area (Å²) in [6.07, 6.45) is 8.34. The molecule has 1 aromatic rings. The molecule has 0 radical (unpaired) electrons. The minimum Gasteiger partial charge on any atom is -0.394 e. The highest BCUT2D eigenvalue weighted by molar-refractivity contribution is 5.56. The lowest BCUT2D eigenvalue weighted by atomic mass is 10.0. The van der Waals surface area contributed by atoms with Gasteiger partial charge in [-0.05, 0) is 31.7 Å². The van der Waals surface area contributed by atoms with Crippen molar-refractivity contribution in [3.8, 4) is 0 Å². The van der Waals surface area contributed by atoms with Crippen molar-refractivity contribution in [1.29, 1.82) is 0 Å². The number of aliphatic hydroxyl groups excluding tert-OH is 1. The number of rotatable bonds is 5. The first-order valence-corrected chi connectivity index (χ1v) is 6.91. The fourth-order valence-electron chi connectivity index (χ4n) is 2.48. The van der Waals surface area contributed by atoms with Crippen molar-refractivity contribution in [2.24, 2.45) is 0 Å². The van der Waals surface area contributed by atoms with Gasteiger partial charge in [0.25, 0.3) is 0 Å². The minimum absolute atomic E-state index is 0.229. The highest BCUT2D eigenvalue weighted by Gasteiger charge is 2.22. The maximum absolute atomic E-state index is 9.46. The van der Waals surface area contributed by atoms with Crippen molar-refractivity contribution in [3.05, 3.63) is 18.5 Å². The third kappa shape index (κ3) is 3.13. The highest BCUT2D eigenvalue weighted by atomic mass is 16.3. The molecule has 2 heterocycles. The van der Waals surface area contributed by atoms with Gasteiger partial charge >= 0.3 is 0 Å². The van der Waals surface area contributed by atoms with Gasteiger partial charge in [-0.3, -0.25) is 4.98 Å². The molecule has 1 saturated heterocycles. The Balaban J connectivity index is 2.10. The molecule has 1 unspecified atom stereocenters. The van der Waals surface area contributed by atoms with Crippen LogP contribution in [0.5, 0.6) is 0 Å². The Hall–Kier alpha value is -1.29. The molecular formula is C14H23N3O. The molecule has 0 aliphatic carbocycles. The molecule has 0 bridgehead atoms. The lowest BCUT2D eigenvalue weighted by molar-refractivity contribution is 0.240. The highest BCUT2D eigenvalue weighted by Crippen LogP contribution is 2.25. The summed E-state index contributed by atoms with van der Waals surface area (Å²) in [7, 11) is 0. The van der Waals surface area contributed by atoms with Crippen LogP contribution in [0, 0.1) is 0 Å². The molecule has 100 valence electrons. The average Bonchev–Trinajstić information content (AvgIpc) is 2.45. The molecule has 0 spiro atoms. The number of nitrogens with one attached hydrogen (secondary N) is 1. The van der Waals surface area contributed by atoms with Crippen LogP contribution < -0.4 is 10.2 Å². The molecule has 1 atom stereocenters. The molecule has 0 aromatic carbocycles. The van der Waals surface area contributed by atoms with E-state index in [0.29, 0.717) is 0 Å². The van der Waals surface area contributed by atoms with Crippen molar-refractivity contribution in [2.75, 3.05) is 29.9 Å². The van der Waals surface area contributed by atoms with E-state index in [9.17, 15) is 5.11 Å². The molecule has 18 heavy (non-hydrogen) atoms. The second-order valence-electron chi connectivity index (χ2n) is 4.88. The summed E-state index contributed by atoms with van der Waals surface area (Å²) in [4.78, 5) is 6.58. The Morgan fingerprint density at radius 3 is 3.11 bits per heavy atom. The second kappa shape index (κ2) is 6.59. The summed E-state index contributed by atoms with van der Waals surface area (Å²) < 4.78 is 0. The molecule has 4 nitrogen and oxygen atoms in total. The number of hydrogen-bond donors (Lipinski definition) is 2. The standard InChI is InChI=1S/C14H23N3O/c1-2-6-16-12-8-14(10-15-9-12)17-7-4-3-5-13(17)11-18/h8-10,13,16,18H,2-7,11H2,1H3. The smallest absolute Gasteiger partial charge is 0.0635 e.